The molecule has 1 N–H and O–H groups in total. The molecule has 10 nitrogen and oxygen atoms in total. The third-order valence-corrected chi connectivity index (χ3v) is 13.8. The van der Waals surface area contributed by atoms with Gasteiger partial charge in [-0.2, -0.15) is 13.0 Å². The van der Waals surface area contributed by atoms with Crippen LogP contribution in [0.1, 0.15) is 56.4 Å². The molecule has 6 rings (SSSR count). The fourth-order valence-corrected chi connectivity index (χ4v) is 10.8. The summed E-state index contributed by atoms with van der Waals surface area (Å²) in [5, 5.41) is 3.01. The van der Waals surface area contributed by atoms with Gasteiger partial charge in [-0.05, 0) is 85.8 Å². The van der Waals surface area contributed by atoms with Crippen LogP contribution in [0.4, 0.5) is 5.69 Å². The van der Waals surface area contributed by atoms with Crippen LogP contribution in [-0.2, 0) is 26.8 Å². The van der Waals surface area contributed by atoms with E-state index in [4.69, 9.17) is 32.7 Å². The number of halogens is 2. The van der Waals surface area contributed by atoms with Gasteiger partial charge in [0.2, 0.25) is 5.52 Å². The molecule has 0 amide bonds. The highest BCUT2D eigenvalue weighted by molar-refractivity contribution is 8.03. The van der Waals surface area contributed by atoms with Gasteiger partial charge in [0.05, 0.1) is 50.9 Å². The number of benzene rings is 2. The molecule has 2 aromatic carbocycles. The van der Waals surface area contributed by atoms with Crippen molar-refractivity contribution in [2.24, 2.45) is 5.92 Å². The second kappa shape index (κ2) is 16.4. The van der Waals surface area contributed by atoms with Crippen molar-refractivity contribution in [3.8, 4) is 11.5 Å². The van der Waals surface area contributed by atoms with Gasteiger partial charge in [0, 0.05) is 41.8 Å². The molecule has 0 radical (unpaired) electrons. The number of allylic oxidation sites excluding steroid dienone is 6. The Labute approximate surface area is 323 Å². The van der Waals surface area contributed by atoms with E-state index in [1.54, 1.807) is 37.3 Å². The maximum atomic E-state index is 11.3. The van der Waals surface area contributed by atoms with Gasteiger partial charge in [-0.3, -0.25) is 4.55 Å². The van der Waals surface area contributed by atoms with E-state index < -0.39 is 26.0 Å². The smallest absolute Gasteiger partial charge is 0.264 e. The number of hydrogen-bond acceptors (Lipinski definition) is 10. The van der Waals surface area contributed by atoms with Gasteiger partial charge in [-0.25, -0.2) is 8.42 Å². The zero-order valence-electron chi connectivity index (χ0n) is 28.8. The molecule has 1 unspecified atom stereocenters. The van der Waals surface area contributed by atoms with Crippen molar-refractivity contribution in [2.75, 3.05) is 37.2 Å². The number of methoxy groups -OCH3 is 2. The van der Waals surface area contributed by atoms with Gasteiger partial charge in [0.15, 0.2) is 6.54 Å². The lowest BCUT2D eigenvalue weighted by atomic mass is 9.77. The average molecular weight is 828 g/mol. The van der Waals surface area contributed by atoms with Gasteiger partial charge >= 0.3 is 0 Å². The predicted octanol–water partition coefficient (Wildman–Crippen LogP) is 8.40. The molecule has 1 atom stereocenters. The zero-order valence-corrected chi connectivity index (χ0v) is 33.5. The highest BCUT2D eigenvalue weighted by Gasteiger charge is 2.29. The number of unbranched alkanes of at least 4 members (excludes halogenated alkanes) is 2. The fraction of sp³-hybridized carbons (Fsp3) is 0.417. The lowest BCUT2D eigenvalue weighted by Crippen LogP contribution is -2.35. The van der Waals surface area contributed by atoms with Crippen LogP contribution in [0.2, 0.25) is 10.0 Å². The van der Waals surface area contributed by atoms with E-state index in [9.17, 15) is 25.9 Å². The first-order chi connectivity index (χ1) is 24.7. The summed E-state index contributed by atoms with van der Waals surface area (Å²) >= 11 is 16.3. The Morgan fingerprint density at radius 2 is 1.65 bits per heavy atom. The van der Waals surface area contributed by atoms with Crippen LogP contribution >= 0.6 is 46.3 Å². The lowest BCUT2D eigenvalue weighted by Gasteiger charge is -2.29. The molecule has 2 aliphatic carbocycles. The number of fused-ring (bicyclic) bond motifs is 3. The molecule has 0 bridgehead atoms. The summed E-state index contributed by atoms with van der Waals surface area (Å²) in [6.45, 7) is 1.10. The monoisotopic (exact) mass is 826 g/mol. The number of nitrogens with zero attached hydrogens (tertiary/aromatic N) is 2. The van der Waals surface area contributed by atoms with Crippen molar-refractivity contribution in [1.82, 2.24) is 0 Å². The normalized spacial score (nSPS) is 19.2. The van der Waals surface area contributed by atoms with Gasteiger partial charge < -0.3 is 18.9 Å². The van der Waals surface area contributed by atoms with Crippen LogP contribution in [0.25, 0.3) is 16.3 Å². The maximum absolute atomic E-state index is 11.3. The molecule has 0 fully saturated rings. The Morgan fingerprint density at radius 3 is 2.38 bits per heavy atom. The van der Waals surface area contributed by atoms with E-state index in [0.717, 1.165) is 56.5 Å². The largest absolute Gasteiger partial charge is 0.748 e. The fourth-order valence-electron chi connectivity index (χ4n) is 6.85. The highest BCUT2D eigenvalue weighted by Crippen LogP contribution is 2.50. The van der Waals surface area contributed by atoms with Crippen molar-refractivity contribution in [1.29, 1.82) is 0 Å². The molecule has 2 heterocycles. The van der Waals surface area contributed by atoms with Crippen LogP contribution in [0.3, 0.4) is 0 Å². The number of aromatic nitrogens is 1. The molecule has 52 heavy (non-hydrogen) atoms. The van der Waals surface area contributed by atoms with Gasteiger partial charge in [0.25, 0.3) is 15.1 Å². The quantitative estimate of drug-likeness (QED) is 0.0959. The standard InChI is InChI=1S/C36H40Cl2N2O8S4/c1-47-31-21-33-29(19-27(31)37)39(11-3-5-13-51(41,42)43)35(49-33)17-23-7-9-25-10-8-24(16-26(25)15-23)18-36-40(12-4-6-14-52(44,45)46)30-20-28(38)32(48-2)22-34(30)50-36/h15-22,25H,3-14H2,1-2H3,(H-,41,42,43,44,45,46). The SMILES string of the molecule is COc1cc2c(cc1Cl)N(CCCCS(=O)(=O)[O-])/C(=C/C1=CC3=C/C(=C/c4sc5cc(OC)c(Cl)cc5[n+]4CCCCS(=O)(=O)O)CCC3CC1)S2. The minimum Gasteiger partial charge on any atom is -0.748 e. The van der Waals surface area contributed by atoms with Gasteiger partial charge in [-0.1, -0.05) is 58.5 Å². The second-order valence-electron chi connectivity index (χ2n) is 13.1. The number of ether oxygens (including phenoxy) is 2. The summed E-state index contributed by atoms with van der Waals surface area (Å²) < 4.78 is 79.6. The summed E-state index contributed by atoms with van der Waals surface area (Å²) in [5.74, 6) is 0.952. The number of thiazole rings is 1. The summed E-state index contributed by atoms with van der Waals surface area (Å²) in [4.78, 5) is 3.14. The number of rotatable bonds is 14. The van der Waals surface area contributed by atoms with Crippen molar-refractivity contribution < 1.29 is 40.0 Å². The van der Waals surface area contributed by atoms with Gasteiger partial charge in [-0.15, -0.1) is 0 Å². The number of thioether (sulfide) groups is 1. The molecule has 1 aliphatic heterocycles. The maximum Gasteiger partial charge on any atom is 0.264 e. The molecule has 0 saturated carbocycles. The zero-order chi connectivity index (χ0) is 37.2. The highest BCUT2D eigenvalue weighted by atomic mass is 35.5. The third-order valence-electron chi connectivity index (χ3n) is 9.43. The van der Waals surface area contributed by atoms with Crippen molar-refractivity contribution in [3.05, 3.63) is 79.3 Å². The van der Waals surface area contributed by atoms with Crippen molar-refractivity contribution in [2.45, 2.75) is 62.8 Å². The number of aryl methyl sites for hydroxylation is 1. The summed E-state index contributed by atoms with van der Waals surface area (Å²) in [6.07, 6.45) is 14.6. The van der Waals surface area contributed by atoms with Crippen LogP contribution in [-0.4, -0.2) is 58.2 Å². The Hall–Kier alpha value is -2.56. The number of anilines is 1. The first kappa shape index (κ1) is 39.1. The molecular weight excluding hydrogens is 788 g/mol. The third kappa shape index (κ3) is 9.56. The molecule has 280 valence electrons. The van der Waals surface area contributed by atoms with Crippen LogP contribution in [0.5, 0.6) is 11.5 Å². The minimum atomic E-state index is -4.28. The Kier molecular flexibility index (Phi) is 12.4. The first-order valence-electron chi connectivity index (χ1n) is 17.0. The number of hydrogen-bond donors (Lipinski definition) is 1. The summed E-state index contributed by atoms with van der Waals surface area (Å²) in [6, 6.07) is 7.60. The van der Waals surface area contributed by atoms with E-state index in [1.807, 2.05) is 24.3 Å². The Morgan fingerprint density at radius 1 is 0.942 bits per heavy atom. The van der Waals surface area contributed by atoms with E-state index in [2.05, 4.69) is 33.8 Å². The van der Waals surface area contributed by atoms with Crippen LogP contribution in [0, 0.1) is 5.92 Å². The van der Waals surface area contributed by atoms with Gasteiger partial charge in [0.1, 0.15) is 16.2 Å². The molecule has 3 aromatic rings. The first-order valence-corrected chi connectivity index (χ1v) is 22.5. The molecular formula is C36H40Cl2N2O8S4. The Bertz CT molecular complexity index is 2210. The van der Waals surface area contributed by atoms with E-state index in [-0.39, 0.29) is 12.2 Å². The summed E-state index contributed by atoms with van der Waals surface area (Å²) in [5.41, 5.74) is 5.54. The molecule has 0 saturated heterocycles. The average Bonchev–Trinajstić information content (AvgIpc) is 3.58. The second-order valence-corrected chi connectivity index (χ2v) is 19.1. The molecule has 0 spiro atoms. The van der Waals surface area contributed by atoms with E-state index in [1.165, 1.54) is 16.7 Å². The topological polar surface area (TPSA) is 137 Å². The van der Waals surface area contributed by atoms with Crippen LogP contribution in [0.15, 0.2) is 69.1 Å². The van der Waals surface area contributed by atoms with E-state index >= 15 is 0 Å². The van der Waals surface area contributed by atoms with Crippen molar-refractivity contribution >= 4 is 88.5 Å². The van der Waals surface area contributed by atoms with Crippen LogP contribution < -0.4 is 18.9 Å². The molecule has 1 aromatic heterocycles. The predicted molar refractivity (Wildman–Crippen MR) is 208 cm³/mol. The van der Waals surface area contributed by atoms with E-state index in [0.29, 0.717) is 59.8 Å². The minimum absolute atomic E-state index is 0.275. The lowest BCUT2D eigenvalue weighted by molar-refractivity contribution is -0.669. The molecule has 16 heteroatoms. The van der Waals surface area contributed by atoms with Crippen molar-refractivity contribution in [3.63, 3.8) is 0 Å². The Balaban J connectivity index is 1.29. The molecule has 3 aliphatic rings. The summed E-state index contributed by atoms with van der Waals surface area (Å²) in [7, 11) is -5.15.